The average Bonchev–Trinajstić information content (AvgIpc) is 2.67. The smallest absolute Gasteiger partial charge is 0.142 e. The van der Waals surface area contributed by atoms with Crippen LogP contribution in [-0.4, -0.2) is 13.2 Å². The van der Waals surface area contributed by atoms with Crippen LogP contribution in [0.25, 0.3) is 0 Å². The molecule has 0 saturated heterocycles. The molecule has 0 fully saturated rings. The first-order valence-corrected chi connectivity index (χ1v) is 9.98. The molecular formula is C23H33NO2. The molecule has 3 heteroatoms. The van der Waals surface area contributed by atoms with Crippen molar-refractivity contribution in [2.75, 3.05) is 18.9 Å². The van der Waals surface area contributed by atoms with E-state index in [1.807, 2.05) is 36.4 Å². The summed E-state index contributed by atoms with van der Waals surface area (Å²) in [6, 6.07) is 15.9. The van der Waals surface area contributed by atoms with Gasteiger partial charge in [-0.25, -0.2) is 0 Å². The molecule has 142 valence electrons. The van der Waals surface area contributed by atoms with Gasteiger partial charge in [-0.15, -0.1) is 0 Å². The predicted molar refractivity (Wildman–Crippen MR) is 110 cm³/mol. The van der Waals surface area contributed by atoms with E-state index in [4.69, 9.17) is 15.2 Å². The fourth-order valence-corrected chi connectivity index (χ4v) is 2.96. The molecule has 0 heterocycles. The molecule has 0 bridgehead atoms. The molecule has 2 aromatic rings. The lowest BCUT2D eigenvalue weighted by atomic mass is 10.0. The normalized spacial score (nSPS) is 10.7. The fourth-order valence-electron chi connectivity index (χ4n) is 2.96. The number of benzene rings is 2. The van der Waals surface area contributed by atoms with Crippen LogP contribution in [0.4, 0.5) is 5.69 Å². The third-order valence-electron chi connectivity index (χ3n) is 4.52. The van der Waals surface area contributed by atoms with Crippen LogP contribution in [-0.2, 0) is 6.42 Å². The van der Waals surface area contributed by atoms with Gasteiger partial charge in [0.1, 0.15) is 24.7 Å². The van der Waals surface area contributed by atoms with Crippen LogP contribution >= 0.6 is 0 Å². The van der Waals surface area contributed by atoms with E-state index in [0.717, 1.165) is 12.2 Å². The molecule has 0 unspecified atom stereocenters. The van der Waals surface area contributed by atoms with Crippen molar-refractivity contribution in [3.8, 4) is 11.5 Å². The van der Waals surface area contributed by atoms with Gasteiger partial charge in [-0.05, 0) is 42.7 Å². The molecule has 0 spiro atoms. The van der Waals surface area contributed by atoms with Crippen LogP contribution in [0.5, 0.6) is 11.5 Å². The van der Waals surface area contributed by atoms with Gasteiger partial charge in [0.05, 0.1) is 5.69 Å². The number of aryl methyl sites for hydroxylation is 1. The summed E-state index contributed by atoms with van der Waals surface area (Å²) in [7, 11) is 0. The molecule has 3 nitrogen and oxygen atoms in total. The third kappa shape index (κ3) is 7.81. The Morgan fingerprint density at radius 2 is 1.38 bits per heavy atom. The van der Waals surface area contributed by atoms with Gasteiger partial charge in [0, 0.05) is 0 Å². The van der Waals surface area contributed by atoms with E-state index in [0.29, 0.717) is 24.7 Å². The van der Waals surface area contributed by atoms with E-state index in [9.17, 15) is 0 Å². The Bertz CT molecular complexity index is 610. The minimum atomic E-state index is 0.480. The molecule has 2 rings (SSSR count). The monoisotopic (exact) mass is 355 g/mol. The van der Waals surface area contributed by atoms with Crippen molar-refractivity contribution in [1.29, 1.82) is 0 Å². The first kappa shape index (κ1) is 20.2. The SMILES string of the molecule is CCCCCCCCCc1ccc(OCCOc2ccccc2N)cc1. The van der Waals surface area contributed by atoms with Crippen molar-refractivity contribution in [3.63, 3.8) is 0 Å². The largest absolute Gasteiger partial charge is 0.490 e. The Labute approximate surface area is 158 Å². The lowest BCUT2D eigenvalue weighted by Gasteiger charge is -2.10. The molecule has 2 aromatic carbocycles. The van der Waals surface area contributed by atoms with Gasteiger partial charge in [0.15, 0.2) is 0 Å². The Balaban J connectivity index is 1.58. The molecule has 0 aliphatic heterocycles. The van der Waals surface area contributed by atoms with E-state index in [1.165, 1.54) is 50.5 Å². The molecule has 0 radical (unpaired) electrons. The molecule has 0 aliphatic carbocycles. The van der Waals surface area contributed by atoms with E-state index in [2.05, 4.69) is 19.1 Å². The average molecular weight is 356 g/mol. The second kappa shape index (κ2) is 12.2. The third-order valence-corrected chi connectivity index (χ3v) is 4.52. The first-order chi connectivity index (χ1) is 12.8. The van der Waals surface area contributed by atoms with Gasteiger partial charge < -0.3 is 15.2 Å². The van der Waals surface area contributed by atoms with Crippen LogP contribution in [0.2, 0.25) is 0 Å². The van der Waals surface area contributed by atoms with Gasteiger partial charge in [0.2, 0.25) is 0 Å². The minimum Gasteiger partial charge on any atom is -0.490 e. The number of unbranched alkanes of at least 4 members (excludes halogenated alkanes) is 6. The summed E-state index contributed by atoms with van der Waals surface area (Å²) in [5.74, 6) is 1.60. The molecule has 0 atom stereocenters. The summed E-state index contributed by atoms with van der Waals surface area (Å²) in [6.45, 7) is 3.25. The molecule has 0 aromatic heterocycles. The molecule has 0 saturated carbocycles. The fraction of sp³-hybridized carbons (Fsp3) is 0.478. The van der Waals surface area contributed by atoms with Gasteiger partial charge >= 0.3 is 0 Å². The lowest BCUT2D eigenvalue weighted by molar-refractivity contribution is 0.218. The number of rotatable bonds is 13. The lowest BCUT2D eigenvalue weighted by Crippen LogP contribution is -2.09. The maximum atomic E-state index is 5.84. The number of nitrogens with two attached hydrogens (primary N) is 1. The summed E-state index contributed by atoms with van der Waals surface area (Å²) in [5.41, 5.74) is 7.89. The molecule has 0 amide bonds. The Kier molecular flexibility index (Phi) is 9.48. The molecule has 2 N–H and O–H groups in total. The maximum Gasteiger partial charge on any atom is 0.142 e. The van der Waals surface area contributed by atoms with Gasteiger partial charge in [-0.1, -0.05) is 69.7 Å². The number of hydrogen-bond donors (Lipinski definition) is 1. The second-order valence-corrected chi connectivity index (χ2v) is 6.75. The zero-order valence-corrected chi connectivity index (χ0v) is 16.1. The summed E-state index contributed by atoms with van der Waals surface area (Å²) >= 11 is 0. The number of anilines is 1. The summed E-state index contributed by atoms with van der Waals surface area (Å²) in [5, 5.41) is 0. The van der Waals surface area contributed by atoms with Crippen molar-refractivity contribution in [2.45, 2.75) is 58.3 Å². The van der Waals surface area contributed by atoms with E-state index in [-0.39, 0.29) is 0 Å². The topological polar surface area (TPSA) is 44.5 Å². The highest BCUT2D eigenvalue weighted by atomic mass is 16.5. The quantitative estimate of drug-likeness (QED) is 0.353. The molecular weight excluding hydrogens is 322 g/mol. The van der Waals surface area contributed by atoms with Crippen molar-refractivity contribution in [3.05, 3.63) is 54.1 Å². The van der Waals surface area contributed by atoms with Crippen LogP contribution < -0.4 is 15.2 Å². The van der Waals surface area contributed by atoms with Crippen LogP contribution in [0.15, 0.2) is 48.5 Å². The van der Waals surface area contributed by atoms with Crippen molar-refractivity contribution >= 4 is 5.69 Å². The van der Waals surface area contributed by atoms with Crippen LogP contribution in [0.1, 0.15) is 57.4 Å². The van der Waals surface area contributed by atoms with Crippen molar-refractivity contribution in [1.82, 2.24) is 0 Å². The maximum absolute atomic E-state index is 5.84. The zero-order chi connectivity index (χ0) is 18.5. The second-order valence-electron chi connectivity index (χ2n) is 6.75. The number of nitrogen functional groups attached to an aromatic ring is 1. The summed E-state index contributed by atoms with van der Waals surface area (Å²) < 4.78 is 11.4. The van der Waals surface area contributed by atoms with Gasteiger partial charge in [0.25, 0.3) is 0 Å². The van der Waals surface area contributed by atoms with Gasteiger partial charge in [-0.2, -0.15) is 0 Å². The minimum absolute atomic E-state index is 0.480. The number of para-hydroxylation sites is 2. The molecule has 26 heavy (non-hydrogen) atoms. The summed E-state index contributed by atoms with van der Waals surface area (Å²) in [6.07, 6.45) is 10.6. The van der Waals surface area contributed by atoms with E-state index in [1.54, 1.807) is 0 Å². The standard InChI is InChI=1S/C23H33NO2/c1-2-3-4-5-6-7-8-11-20-14-16-21(17-15-20)25-18-19-26-23-13-10-9-12-22(23)24/h9-10,12-17H,2-8,11,18-19,24H2,1H3. The van der Waals surface area contributed by atoms with Crippen LogP contribution in [0, 0.1) is 0 Å². The van der Waals surface area contributed by atoms with E-state index < -0.39 is 0 Å². The Morgan fingerprint density at radius 3 is 2.12 bits per heavy atom. The summed E-state index contributed by atoms with van der Waals surface area (Å²) in [4.78, 5) is 0. The Hall–Kier alpha value is -2.16. The Morgan fingerprint density at radius 1 is 0.731 bits per heavy atom. The van der Waals surface area contributed by atoms with Crippen molar-refractivity contribution < 1.29 is 9.47 Å². The highest BCUT2D eigenvalue weighted by molar-refractivity contribution is 5.51. The zero-order valence-electron chi connectivity index (χ0n) is 16.1. The van der Waals surface area contributed by atoms with Gasteiger partial charge in [-0.3, -0.25) is 0 Å². The first-order valence-electron chi connectivity index (χ1n) is 9.98. The van der Waals surface area contributed by atoms with Crippen LogP contribution in [0.3, 0.4) is 0 Å². The highest BCUT2D eigenvalue weighted by Gasteiger charge is 2.00. The van der Waals surface area contributed by atoms with E-state index >= 15 is 0 Å². The number of ether oxygens (including phenoxy) is 2. The highest BCUT2D eigenvalue weighted by Crippen LogP contribution is 2.20. The molecule has 0 aliphatic rings. The predicted octanol–water partition coefficient (Wildman–Crippen LogP) is 6.02. The number of hydrogen-bond acceptors (Lipinski definition) is 3. The van der Waals surface area contributed by atoms with Crippen molar-refractivity contribution in [2.24, 2.45) is 0 Å².